The standard InChI is InChI=1S/C25H29N5O3S/c1-18(34-25-28-27-24(30(25)21-9-10-21)29-13-15-32-16-14-29)23(31)26-20-7-11-22(12-8-20)33-17-19-5-3-2-4-6-19/h2-8,11-12,18,21H,9-10,13-17H2,1H3,(H,26,31). The summed E-state index contributed by atoms with van der Waals surface area (Å²) in [7, 11) is 0. The molecule has 2 aliphatic rings. The van der Waals surface area contributed by atoms with Crippen LogP contribution in [-0.2, 0) is 16.1 Å². The van der Waals surface area contributed by atoms with Gasteiger partial charge in [-0.2, -0.15) is 0 Å². The van der Waals surface area contributed by atoms with Crippen molar-refractivity contribution in [1.29, 1.82) is 0 Å². The second kappa shape index (κ2) is 10.5. The van der Waals surface area contributed by atoms with Crippen molar-refractivity contribution in [2.45, 2.75) is 42.8 Å². The molecule has 2 fully saturated rings. The topological polar surface area (TPSA) is 81.5 Å². The van der Waals surface area contributed by atoms with E-state index in [4.69, 9.17) is 9.47 Å². The summed E-state index contributed by atoms with van der Waals surface area (Å²) in [5, 5.41) is 12.4. The lowest BCUT2D eigenvalue weighted by atomic mass is 10.2. The Morgan fingerprint density at radius 2 is 1.85 bits per heavy atom. The number of amides is 1. The van der Waals surface area contributed by atoms with Gasteiger partial charge in [0.05, 0.1) is 18.5 Å². The molecule has 2 aromatic carbocycles. The molecular weight excluding hydrogens is 450 g/mol. The summed E-state index contributed by atoms with van der Waals surface area (Å²) in [6, 6.07) is 17.9. The highest BCUT2D eigenvalue weighted by atomic mass is 32.2. The van der Waals surface area contributed by atoms with Gasteiger partial charge in [-0.25, -0.2) is 0 Å². The Balaban J connectivity index is 1.18. The minimum absolute atomic E-state index is 0.0683. The number of hydrogen-bond acceptors (Lipinski definition) is 7. The first-order chi connectivity index (χ1) is 16.7. The Labute approximate surface area is 203 Å². The van der Waals surface area contributed by atoms with E-state index in [-0.39, 0.29) is 11.2 Å². The van der Waals surface area contributed by atoms with Gasteiger partial charge in [0.15, 0.2) is 5.16 Å². The first kappa shape index (κ1) is 22.7. The smallest absolute Gasteiger partial charge is 0.237 e. The maximum Gasteiger partial charge on any atom is 0.237 e. The van der Waals surface area contributed by atoms with E-state index in [1.54, 1.807) is 0 Å². The average molecular weight is 480 g/mol. The van der Waals surface area contributed by atoms with Crippen molar-refractivity contribution in [1.82, 2.24) is 14.8 Å². The van der Waals surface area contributed by atoms with Gasteiger partial charge in [0.1, 0.15) is 12.4 Å². The van der Waals surface area contributed by atoms with Crippen molar-refractivity contribution in [2.75, 3.05) is 36.5 Å². The Bertz CT molecular complexity index is 1100. The van der Waals surface area contributed by atoms with Gasteiger partial charge in [0, 0.05) is 24.8 Å². The van der Waals surface area contributed by atoms with E-state index in [1.807, 2.05) is 61.5 Å². The lowest BCUT2D eigenvalue weighted by Gasteiger charge is -2.28. The second-order valence-electron chi connectivity index (χ2n) is 8.53. The van der Waals surface area contributed by atoms with Gasteiger partial charge < -0.3 is 19.7 Å². The van der Waals surface area contributed by atoms with Gasteiger partial charge >= 0.3 is 0 Å². The number of hydrogen-bond donors (Lipinski definition) is 1. The van der Waals surface area contributed by atoms with Crippen molar-refractivity contribution in [3.05, 3.63) is 60.2 Å². The number of carbonyl (C=O) groups excluding carboxylic acids is 1. The number of nitrogens with one attached hydrogen (secondary N) is 1. The molecule has 8 nitrogen and oxygen atoms in total. The third-order valence-electron chi connectivity index (χ3n) is 5.87. The Kier molecular flexibility index (Phi) is 7.01. The summed E-state index contributed by atoms with van der Waals surface area (Å²) in [5.41, 5.74) is 1.85. The Morgan fingerprint density at radius 1 is 1.12 bits per heavy atom. The summed E-state index contributed by atoms with van der Waals surface area (Å²) in [6.45, 7) is 5.45. The average Bonchev–Trinajstić information content (AvgIpc) is 3.64. The van der Waals surface area contributed by atoms with Gasteiger partial charge in [0.25, 0.3) is 0 Å². The largest absolute Gasteiger partial charge is 0.489 e. The van der Waals surface area contributed by atoms with Gasteiger partial charge in [-0.05, 0) is 49.6 Å². The number of ether oxygens (including phenoxy) is 2. The Morgan fingerprint density at radius 3 is 2.56 bits per heavy atom. The van der Waals surface area contributed by atoms with E-state index < -0.39 is 0 Å². The SMILES string of the molecule is CC(Sc1nnc(N2CCOCC2)n1C1CC1)C(=O)Nc1ccc(OCc2ccccc2)cc1. The predicted octanol–water partition coefficient (Wildman–Crippen LogP) is 4.15. The lowest BCUT2D eigenvalue weighted by Crippen LogP contribution is -2.38. The van der Waals surface area contributed by atoms with E-state index in [0.29, 0.717) is 25.9 Å². The van der Waals surface area contributed by atoms with Crippen LogP contribution >= 0.6 is 11.8 Å². The van der Waals surface area contributed by atoms with E-state index in [1.165, 1.54) is 11.8 Å². The van der Waals surface area contributed by atoms with Crippen LogP contribution in [0.3, 0.4) is 0 Å². The highest BCUT2D eigenvalue weighted by Gasteiger charge is 2.33. The van der Waals surface area contributed by atoms with Crippen molar-refractivity contribution < 1.29 is 14.3 Å². The van der Waals surface area contributed by atoms with Crippen LogP contribution in [0, 0.1) is 0 Å². The van der Waals surface area contributed by atoms with Crippen molar-refractivity contribution >= 4 is 29.3 Å². The number of rotatable bonds is 9. The monoisotopic (exact) mass is 479 g/mol. The molecule has 1 aliphatic carbocycles. The molecule has 5 rings (SSSR count). The normalized spacial score (nSPS) is 16.8. The molecule has 178 valence electrons. The first-order valence-corrected chi connectivity index (χ1v) is 12.6. The molecule has 2 heterocycles. The highest BCUT2D eigenvalue weighted by molar-refractivity contribution is 8.00. The van der Waals surface area contributed by atoms with Crippen molar-refractivity contribution in [2.24, 2.45) is 0 Å². The molecule has 1 aliphatic heterocycles. The van der Waals surface area contributed by atoms with Crippen LogP contribution < -0.4 is 15.0 Å². The number of thioether (sulfide) groups is 1. The molecule has 1 N–H and O–H groups in total. The number of nitrogens with zero attached hydrogens (tertiary/aromatic N) is 4. The minimum atomic E-state index is -0.312. The van der Waals surface area contributed by atoms with E-state index in [0.717, 1.165) is 54.0 Å². The van der Waals surface area contributed by atoms with Crippen LogP contribution in [0.5, 0.6) is 5.75 Å². The number of carbonyl (C=O) groups is 1. The fraction of sp³-hybridized carbons (Fsp3) is 0.400. The molecule has 1 saturated heterocycles. The molecule has 34 heavy (non-hydrogen) atoms. The summed E-state index contributed by atoms with van der Waals surface area (Å²) >= 11 is 1.45. The molecule has 1 amide bonds. The quantitative estimate of drug-likeness (QED) is 0.462. The molecular formula is C25H29N5O3S. The van der Waals surface area contributed by atoms with E-state index >= 15 is 0 Å². The molecule has 0 spiro atoms. The summed E-state index contributed by atoms with van der Waals surface area (Å²) in [6.07, 6.45) is 2.25. The molecule has 0 bridgehead atoms. The van der Waals surface area contributed by atoms with Crippen molar-refractivity contribution in [3.63, 3.8) is 0 Å². The zero-order chi connectivity index (χ0) is 23.3. The molecule has 0 radical (unpaired) electrons. The van der Waals surface area contributed by atoms with Gasteiger partial charge in [-0.1, -0.05) is 42.1 Å². The van der Waals surface area contributed by atoms with Gasteiger partial charge in [-0.3, -0.25) is 9.36 Å². The van der Waals surface area contributed by atoms with E-state index in [2.05, 4.69) is 25.0 Å². The molecule has 1 atom stereocenters. The molecule has 1 unspecified atom stereocenters. The number of anilines is 2. The number of aromatic nitrogens is 3. The fourth-order valence-corrected chi connectivity index (χ4v) is 4.73. The van der Waals surface area contributed by atoms with Gasteiger partial charge in [-0.15, -0.1) is 10.2 Å². The van der Waals surface area contributed by atoms with Crippen LogP contribution in [0.2, 0.25) is 0 Å². The third kappa shape index (κ3) is 5.53. The number of morpholine rings is 1. The number of benzene rings is 2. The molecule has 1 aromatic heterocycles. The highest BCUT2D eigenvalue weighted by Crippen LogP contribution is 2.41. The van der Waals surface area contributed by atoms with Crippen LogP contribution in [0.1, 0.15) is 31.4 Å². The second-order valence-corrected chi connectivity index (χ2v) is 9.84. The first-order valence-electron chi connectivity index (χ1n) is 11.7. The maximum absolute atomic E-state index is 12.9. The lowest BCUT2D eigenvalue weighted by molar-refractivity contribution is -0.115. The van der Waals surface area contributed by atoms with E-state index in [9.17, 15) is 4.79 Å². The van der Waals surface area contributed by atoms with Gasteiger partial charge in [0.2, 0.25) is 11.9 Å². The summed E-state index contributed by atoms with van der Waals surface area (Å²) in [4.78, 5) is 15.1. The molecule has 1 saturated carbocycles. The molecule has 3 aromatic rings. The minimum Gasteiger partial charge on any atom is -0.489 e. The predicted molar refractivity (Wildman–Crippen MR) is 132 cm³/mol. The summed E-state index contributed by atoms with van der Waals surface area (Å²) in [5.74, 6) is 1.59. The fourth-order valence-electron chi connectivity index (χ4n) is 3.81. The van der Waals surface area contributed by atoms with Crippen LogP contribution in [0.15, 0.2) is 59.8 Å². The molecule has 9 heteroatoms. The zero-order valence-corrected chi connectivity index (χ0v) is 20.0. The zero-order valence-electron chi connectivity index (χ0n) is 19.2. The van der Waals surface area contributed by atoms with Crippen LogP contribution in [0.4, 0.5) is 11.6 Å². The maximum atomic E-state index is 12.9. The van der Waals surface area contributed by atoms with Crippen LogP contribution in [-0.4, -0.2) is 52.2 Å². The van der Waals surface area contributed by atoms with Crippen molar-refractivity contribution in [3.8, 4) is 5.75 Å². The third-order valence-corrected chi connectivity index (χ3v) is 6.93. The van der Waals surface area contributed by atoms with Crippen LogP contribution in [0.25, 0.3) is 0 Å². The Hall–Kier alpha value is -3.04. The summed E-state index contributed by atoms with van der Waals surface area (Å²) < 4.78 is 13.5.